The van der Waals surface area contributed by atoms with Crippen LogP contribution in [0.15, 0.2) is 12.1 Å². The molecule has 3 nitrogen and oxygen atoms in total. The van der Waals surface area contributed by atoms with Gasteiger partial charge in [-0.15, -0.1) is 0 Å². The van der Waals surface area contributed by atoms with Crippen molar-refractivity contribution in [1.29, 1.82) is 0 Å². The lowest BCUT2D eigenvalue weighted by Gasteiger charge is -2.26. The average molecular weight is 364 g/mol. The van der Waals surface area contributed by atoms with E-state index >= 15 is 0 Å². The number of aryl methyl sites for hydroxylation is 1. The molecule has 0 spiro atoms. The van der Waals surface area contributed by atoms with Crippen LogP contribution in [0.5, 0.6) is 5.75 Å². The molecule has 4 rings (SSSR count). The number of alkyl halides is 3. The molecular weight excluding hydrogens is 341 g/mol. The fourth-order valence-corrected chi connectivity index (χ4v) is 4.30. The Morgan fingerprint density at radius 1 is 1.08 bits per heavy atom. The van der Waals surface area contributed by atoms with Crippen molar-refractivity contribution in [2.24, 2.45) is 0 Å². The molecule has 1 heterocycles. The molecule has 1 aromatic carbocycles. The van der Waals surface area contributed by atoms with Crippen LogP contribution in [-0.4, -0.2) is 18.1 Å². The maximum Gasteiger partial charge on any atom is 0.420 e. The van der Waals surface area contributed by atoms with Gasteiger partial charge in [0, 0.05) is 22.8 Å². The van der Waals surface area contributed by atoms with Gasteiger partial charge in [-0.2, -0.15) is 13.2 Å². The van der Waals surface area contributed by atoms with Crippen LogP contribution in [0.4, 0.5) is 18.9 Å². The largest absolute Gasteiger partial charge is 0.496 e. The predicted octanol–water partition coefficient (Wildman–Crippen LogP) is 5.50. The molecule has 2 aliphatic rings. The highest BCUT2D eigenvalue weighted by Crippen LogP contribution is 2.42. The number of nitrogens with one attached hydrogen (secondary N) is 1. The minimum atomic E-state index is -4.46. The lowest BCUT2D eigenvalue weighted by Crippen LogP contribution is -2.23. The number of benzene rings is 1. The Hall–Kier alpha value is -1.98. The highest BCUT2D eigenvalue weighted by atomic mass is 19.4. The van der Waals surface area contributed by atoms with Gasteiger partial charge in [0.05, 0.1) is 18.2 Å². The minimum absolute atomic E-state index is 0.142. The van der Waals surface area contributed by atoms with E-state index in [1.165, 1.54) is 38.0 Å². The molecular formula is C20H23F3N2O. The molecule has 1 aromatic heterocycles. The molecule has 1 fully saturated rings. The smallest absolute Gasteiger partial charge is 0.420 e. The number of anilines is 1. The van der Waals surface area contributed by atoms with Gasteiger partial charge in [0.25, 0.3) is 0 Å². The molecule has 0 amide bonds. The first kappa shape index (κ1) is 17.4. The zero-order valence-electron chi connectivity index (χ0n) is 14.9. The summed E-state index contributed by atoms with van der Waals surface area (Å²) in [7, 11) is 1.28. The van der Waals surface area contributed by atoms with Crippen molar-refractivity contribution in [3.05, 3.63) is 29.0 Å². The Kier molecular flexibility index (Phi) is 4.45. The summed E-state index contributed by atoms with van der Waals surface area (Å²) in [6.07, 6.45) is 4.17. The van der Waals surface area contributed by atoms with E-state index in [4.69, 9.17) is 4.74 Å². The second-order valence-corrected chi connectivity index (χ2v) is 7.31. The van der Waals surface area contributed by atoms with Crippen LogP contribution in [0.3, 0.4) is 0 Å². The summed E-state index contributed by atoms with van der Waals surface area (Å²) in [5.41, 5.74) is 2.72. The Bertz CT molecular complexity index is 826. The summed E-state index contributed by atoms with van der Waals surface area (Å²) in [4.78, 5) is 4.56. The third-order valence-corrected chi connectivity index (χ3v) is 5.59. The van der Waals surface area contributed by atoms with E-state index in [9.17, 15) is 13.2 Å². The van der Waals surface area contributed by atoms with Crippen molar-refractivity contribution in [3.8, 4) is 5.75 Å². The third kappa shape index (κ3) is 3.10. The molecule has 140 valence electrons. The molecule has 0 atom stereocenters. The number of rotatable bonds is 3. The molecule has 2 aromatic rings. The molecule has 2 aliphatic carbocycles. The maximum atomic E-state index is 13.4. The zero-order valence-corrected chi connectivity index (χ0v) is 14.9. The first-order chi connectivity index (χ1) is 12.5. The molecule has 0 radical (unpaired) electrons. The Labute approximate surface area is 150 Å². The Morgan fingerprint density at radius 2 is 1.85 bits per heavy atom. The van der Waals surface area contributed by atoms with Crippen molar-refractivity contribution >= 4 is 16.6 Å². The first-order valence-electron chi connectivity index (χ1n) is 9.34. The van der Waals surface area contributed by atoms with E-state index in [0.717, 1.165) is 54.9 Å². The number of pyridine rings is 1. The van der Waals surface area contributed by atoms with E-state index in [1.54, 1.807) is 0 Å². The van der Waals surface area contributed by atoms with Gasteiger partial charge < -0.3 is 10.1 Å². The van der Waals surface area contributed by atoms with Gasteiger partial charge in [-0.25, -0.2) is 0 Å². The lowest BCUT2D eigenvalue weighted by molar-refractivity contribution is -0.138. The summed E-state index contributed by atoms with van der Waals surface area (Å²) in [5, 5.41) is 4.39. The van der Waals surface area contributed by atoms with Crippen LogP contribution in [0, 0.1) is 0 Å². The van der Waals surface area contributed by atoms with Gasteiger partial charge in [-0.3, -0.25) is 4.98 Å². The van der Waals surface area contributed by atoms with Gasteiger partial charge in [0.1, 0.15) is 5.75 Å². The molecule has 0 bridgehead atoms. The van der Waals surface area contributed by atoms with E-state index in [2.05, 4.69) is 10.3 Å². The first-order valence-corrected chi connectivity index (χ1v) is 9.34. The van der Waals surface area contributed by atoms with E-state index in [0.29, 0.717) is 11.6 Å². The molecule has 0 unspecified atom stereocenters. The van der Waals surface area contributed by atoms with Gasteiger partial charge in [-0.1, -0.05) is 19.3 Å². The topological polar surface area (TPSA) is 34.1 Å². The number of halogens is 3. The van der Waals surface area contributed by atoms with Crippen molar-refractivity contribution in [3.63, 3.8) is 0 Å². The van der Waals surface area contributed by atoms with Crippen molar-refractivity contribution < 1.29 is 17.9 Å². The molecule has 0 saturated heterocycles. The fourth-order valence-electron chi connectivity index (χ4n) is 4.30. The van der Waals surface area contributed by atoms with Gasteiger partial charge in [0.2, 0.25) is 0 Å². The van der Waals surface area contributed by atoms with Gasteiger partial charge in [0.15, 0.2) is 0 Å². The van der Waals surface area contributed by atoms with Crippen LogP contribution in [-0.2, 0) is 19.0 Å². The quantitative estimate of drug-likeness (QED) is 0.781. The van der Waals surface area contributed by atoms with Gasteiger partial charge >= 0.3 is 6.18 Å². The summed E-state index contributed by atoms with van der Waals surface area (Å²) in [6, 6.07) is 3.03. The van der Waals surface area contributed by atoms with Crippen LogP contribution in [0.2, 0.25) is 0 Å². The van der Waals surface area contributed by atoms with E-state index < -0.39 is 11.7 Å². The van der Waals surface area contributed by atoms with Crippen LogP contribution >= 0.6 is 0 Å². The van der Waals surface area contributed by atoms with Crippen molar-refractivity contribution in [2.45, 2.75) is 63.6 Å². The van der Waals surface area contributed by atoms with E-state index in [-0.39, 0.29) is 5.75 Å². The minimum Gasteiger partial charge on any atom is -0.496 e. The molecule has 0 aliphatic heterocycles. The number of methoxy groups -OCH3 is 1. The van der Waals surface area contributed by atoms with Crippen molar-refractivity contribution in [2.75, 3.05) is 12.4 Å². The van der Waals surface area contributed by atoms with Crippen LogP contribution in [0.1, 0.15) is 55.3 Å². The highest BCUT2D eigenvalue weighted by molar-refractivity contribution is 5.95. The average Bonchev–Trinajstić information content (AvgIpc) is 3.09. The summed E-state index contributed by atoms with van der Waals surface area (Å²) in [6.45, 7) is 0. The lowest BCUT2D eigenvalue weighted by atomic mass is 9.94. The highest BCUT2D eigenvalue weighted by Gasteiger charge is 2.35. The van der Waals surface area contributed by atoms with Gasteiger partial charge in [-0.05, 0) is 49.8 Å². The number of hydrogen-bond donors (Lipinski definition) is 1. The van der Waals surface area contributed by atoms with E-state index in [1.807, 2.05) is 0 Å². The summed E-state index contributed by atoms with van der Waals surface area (Å²) in [5.74, 6) is -0.142. The Balaban J connectivity index is 1.88. The second kappa shape index (κ2) is 6.63. The molecule has 1 saturated carbocycles. The number of fused-ring (bicyclic) bond motifs is 2. The SMILES string of the molecule is COc1cc2c(NC3CCCCC3)c3c(nc2cc1C(F)(F)F)CCC3. The predicted molar refractivity (Wildman–Crippen MR) is 95.8 cm³/mol. The molecule has 1 N–H and O–H groups in total. The normalized spacial score (nSPS) is 18.2. The number of nitrogens with zero attached hydrogens (tertiary/aromatic N) is 1. The summed E-state index contributed by atoms with van der Waals surface area (Å²) < 4.78 is 45.2. The molecule has 6 heteroatoms. The fraction of sp³-hybridized carbons (Fsp3) is 0.550. The standard InChI is InChI=1S/C20H23F3N2O/c1-26-18-10-14-17(11-15(18)20(21,22)23)25-16-9-5-8-13(16)19(14)24-12-6-3-2-4-7-12/h10-12H,2-9H2,1H3,(H,24,25). The summed E-state index contributed by atoms with van der Waals surface area (Å²) >= 11 is 0. The number of aromatic nitrogens is 1. The molecule has 26 heavy (non-hydrogen) atoms. The van der Waals surface area contributed by atoms with Crippen molar-refractivity contribution in [1.82, 2.24) is 4.98 Å². The van der Waals surface area contributed by atoms with Crippen LogP contribution < -0.4 is 10.1 Å². The number of hydrogen-bond acceptors (Lipinski definition) is 3. The Morgan fingerprint density at radius 3 is 2.54 bits per heavy atom. The second-order valence-electron chi connectivity index (χ2n) is 7.31. The maximum absolute atomic E-state index is 13.4. The zero-order chi connectivity index (χ0) is 18.3. The third-order valence-electron chi connectivity index (χ3n) is 5.59. The van der Waals surface area contributed by atoms with Crippen LogP contribution in [0.25, 0.3) is 10.9 Å². The monoisotopic (exact) mass is 364 g/mol. The number of ether oxygens (including phenoxy) is 1.